The van der Waals surface area contributed by atoms with Crippen LogP contribution in [-0.4, -0.2) is 14.2 Å². The Kier molecular flexibility index (Phi) is 3.81. The summed E-state index contributed by atoms with van der Waals surface area (Å²) in [4.78, 5) is 0. The van der Waals surface area contributed by atoms with Crippen LogP contribution in [0.5, 0.6) is 11.5 Å². The molecule has 1 aromatic carbocycles. The van der Waals surface area contributed by atoms with Gasteiger partial charge in [-0.05, 0) is 18.1 Å². The summed E-state index contributed by atoms with van der Waals surface area (Å²) in [6, 6.07) is 3.91. The van der Waals surface area contributed by atoms with Crippen LogP contribution < -0.4 is 9.47 Å². The summed E-state index contributed by atoms with van der Waals surface area (Å²) in [7, 11) is 3.35. The Morgan fingerprint density at radius 3 is 1.79 bits per heavy atom. The molecular formula is C11H15BrO2. The van der Waals surface area contributed by atoms with Crippen LogP contribution in [0.2, 0.25) is 0 Å². The van der Waals surface area contributed by atoms with E-state index in [1.807, 2.05) is 12.1 Å². The molecule has 1 aromatic rings. The zero-order chi connectivity index (χ0) is 10.7. The van der Waals surface area contributed by atoms with E-state index in [0.29, 0.717) is 5.92 Å². The van der Waals surface area contributed by atoms with Gasteiger partial charge in [-0.3, -0.25) is 0 Å². The molecule has 0 aliphatic heterocycles. The van der Waals surface area contributed by atoms with Crippen LogP contribution in [-0.2, 0) is 0 Å². The molecule has 0 aliphatic rings. The Labute approximate surface area is 93.4 Å². The molecule has 0 bridgehead atoms. The first-order chi connectivity index (χ1) is 6.60. The third-order valence-electron chi connectivity index (χ3n) is 2.09. The fourth-order valence-corrected chi connectivity index (χ4v) is 1.89. The maximum atomic E-state index is 5.32. The number of benzene rings is 1. The molecule has 0 radical (unpaired) electrons. The molecule has 3 heteroatoms. The van der Waals surface area contributed by atoms with Gasteiger partial charge in [-0.15, -0.1) is 0 Å². The van der Waals surface area contributed by atoms with Crippen LogP contribution in [0.3, 0.4) is 0 Å². The fraction of sp³-hybridized carbons (Fsp3) is 0.455. The second kappa shape index (κ2) is 4.69. The quantitative estimate of drug-likeness (QED) is 0.825. The van der Waals surface area contributed by atoms with Gasteiger partial charge in [0.25, 0.3) is 0 Å². The van der Waals surface area contributed by atoms with Crippen molar-refractivity contribution in [3.05, 3.63) is 22.2 Å². The molecule has 0 saturated heterocycles. The van der Waals surface area contributed by atoms with Gasteiger partial charge in [-0.25, -0.2) is 0 Å². The van der Waals surface area contributed by atoms with E-state index in [-0.39, 0.29) is 0 Å². The van der Waals surface area contributed by atoms with Crippen molar-refractivity contribution in [3.63, 3.8) is 0 Å². The predicted octanol–water partition coefficient (Wildman–Crippen LogP) is 3.59. The van der Waals surface area contributed by atoms with E-state index in [1.54, 1.807) is 14.2 Å². The van der Waals surface area contributed by atoms with E-state index in [9.17, 15) is 0 Å². The molecule has 14 heavy (non-hydrogen) atoms. The average Bonchev–Trinajstić information content (AvgIpc) is 2.15. The van der Waals surface area contributed by atoms with Gasteiger partial charge in [-0.1, -0.05) is 29.8 Å². The molecule has 0 amide bonds. The maximum absolute atomic E-state index is 5.32. The fourth-order valence-electron chi connectivity index (χ4n) is 1.48. The van der Waals surface area contributed by atoms with Gasteiger partial charge in [0.2, 0.25) is 0 Å². The molecule has 0 N–H and O–H groups in total. The molecule has 1 rings (SSSR count). The monoisotopic (exact) mass is 258 g/mol. The molecule has 0 aliphatic carbocycles. The molecule has 0 aromatic heterocycles. The normalized spacial score (nSPS) is 10.4. The Balaban J connectivity index is 3.33. The lowest BCUT2D eigenvalue weighted by atomic mass is 10.0. The van der Waals surface area contributed by atoms with Crippen molar-refractivity contribution in [3.8, 4) is 11.5 Å². The van der Waals surface area contributed by atoms with Gasteiger partial charge in [0.1, 0.15) is 11.5 Å². The zero-order valence-corrected chi connectivity index (χ0v) is 10.5. The van der Waals surface area contributed by atoms with Crippen molar-refractivity contribution in [1.82, 2.24) is 0 Å². The lowest BCUT2D eigenvalue weighted by Crippen LogP contribution is -1.98. The topological polar surface area (TPSA) is 18.5 Å². The first kappa shape index (κ1) is 11.4. The first-order valence-corrected chi connectivity index (χ1v) is 5.30. The summed E-state index contributed by atoms with van der Waals surface area (Å²) in [6.45, 7) is 4.24. The molecule has 0 heterocycles. The molecular weight excluding hydrogens is 244 g/mol. The van der Waals surface area contributed by atoms with Crippen molar-refractivity contribution < 1.29 is 9.47 Å². The second-order valence-electron chi connectivity index (χ2n) is 3.38. The number of methoxy groups -OCH3 is 2. The van der Waals surface area contributed by atoms with Gasteiger partial charge >= 0.3 is 0 Å². The molecule has 0 saturated carbocycles. The first-order valence-electron chi connectivity index (χ1n) is 4.51. The minimum Gasteiger partial charge on any atom is -0.496 e. The molecule has 0 unspecified atom stereocenters. The zero-order valence-electron chi connectivity index (χ0n) is 8.93. The third kappa shape index (κ3) is 2.21. The van der Waals surface area contributed by atoms with E-state index < -0.39 is 0 Å². The van der Waals surface area contributed by atoms with Crippen molar-refractivity contribution in [2.24, 2.45) is 0 Å². The minimum absolute atomic E-state index is 0.382. The number of rotatable bonds is 3. The third-order valence-corrected chi connectivity index (χ3v) is 2.54. The van der Waals surface area contributed by atoms with Gasteiger partial charge in [-0.2, -0.15) is 0 Å². The number of hydrogen-bond acceptors (Lipinski definition) is 2. The van der Waals surface area contributed by atoms with Crippen LogP contribution in [0.1, 0.15) is 25.3 Å². The van der Waals surface area contributed by atoms with Crippen LogP contribution in [0.15, 0.2) is 16.6 Å². The van der Waals surface area contributed by atoms with E-state index >= 15 is 0 Å². The largest absolute Gasteiger partial charge is 0.496 e. The van der Waals surface area contributed by atoms with Gasteiger partial charge in [0.15, 0.2) is 0 Å². The minimum atomic E-state index is 0.382. The van der Waals surface area contributed by atoms with Crippen molar-refractivity contribution in [2.75, 3.05) is 14.2 Å². The highest BCUT2D eigenvalue weighted by Crippen LogP contribution is 2.37. The van der Waals surface area contributed by atoms with E-state index in [4.69, 9.17) is 9.47 Å². The van der Waals surface area contributed by atoms with Crippen LogP contribution in [0.25, 0.3) is 0 Å². The van der Waals surface area contributed by atoms with Crippen molar-refractivity contribution in [2.45, 2.75) is 19.8 Å². The predicted molar refractivity (Wildman–Crippen MR) is 61.3 cm³/mol. The van der Waals surface area contributed by atoms with E-state index in [2.05, 4.69) is 29.8 Å². The summed E-state index contributed by atoms with van der Waals surface area (Å²) in [5, 5.41) is 0. The second-order valence-corrected chi connectivity index (χ2v) is 4.29. The molecule has 78 valence electrons. The Morgan fingerprint density at radius 1 is 1.07 bits per heavy atom. The summed E-state index contributed by atoms with van der Waals surface area (Å²) in [5.74, 6) is 2.12. The van der Waals surface area contributed by atoms with E-state index in [1.165, 1.54) is 0 Å². The number of halogens is 1. The highest BCUT2D eigenvalue weighted by atomic mass is 79.9. The summed E-state index contributed by atoms with van der Waals surface area (Å²) < 4.78 is 11.6. The molecule has 0 fully saturated rings. The smallest absolute Gasteiger partial charge is 0.127 e. The summed E-state index contributed by atoms with van der Waals surface area (Å²) in [6.07, 6.45) is 0. The molecule has 2 nitrogen and oxygen atoms in total. The summed E-state index contributed by atoms with van der Waals surface area (Å²) in [5.41, 5.74) is 1.11. The highest BCUT2D eigenvalue weighted by Gasteiger charge is 2.14. The van der Waals surface area contributed by atoms with Crippen LogP contribution >= 0.6 is 15.9 Å². The van der Waals surface area contributed by atoms with Gasteiger partial charge in [0, 0.05) is 10.0 Å². The van der Waals surface area contributed by atoms with Crippen LogP contribution in [0, 0.1) is 0 Å². The van der Waals surface area contributed by atoms with E-state index in [0.717, 1.165) is 21.5 Å². The Morgan fingerprint density at radius 2 is 1.50 bits per heavy atom. The maximum Gasteiger partial charge on any atom is 0.127 e. The molecule has 0 spiro atoms. The molecule has 0 atom stereocenters. The average molecular weight is 259 g/mol. The Bertz CT molecular complexity index is 296. The standard InChI is InChI=1S/C11H15BrO2/c1-7(2)11-9(13-3)5-8(12)6-10(11)14-4/h5-7H,1-4H3. The number of ether oxygens (including phenoxy) is 2. The summed E-state index contributed by atoms with van der Waals surface area (Å²) >= 11 is 3.42. The SMILES string of the molecule is COc1cc(Br)cc(OC)c1C(C)C. The number of hydrogen-bond donors (Lipinski definition) is 0. The van der Waals surface area contributed by atoms with Crippen molar-refractivity contribution >= 4 is 15.9 Å². The van der Waals surface area contributed by atoms with Gasteiger partial charge < -0.3 is 9.47 Å². The van der Waals surface area contributed by atoms with Gasteiger partial charge in [0.05, 0.1) is 14.2 Å². The lowest BCUT2D eigenvalue weighted by molar-refractivity contribution is 0.381. The van der Waals surface area contributed by atoms with Crippen molar-refractivity contribution in [1.29, 1.82) is 0 Å². The Hall–Kier alpha value is -0.700. The highest BCUT2D eigenvalue weighted by molar-refractivity contribution is 9.10. The van der Waals surface area contributed by atoms with Crippen LogP contribution in [0.4, 0.5) is 0 Å². The lowest BCUT2D eigenvalue weighted by Gasteiger charge is -2.16.